The van der Waals surface area contributed by atoms with Gasteiger partial charge in [-0.1, -0.05) is 29.8 Å². The van der Waals surface area contributed by atoms with Crippen molar-refractivity contribution in [3.8, 4) is 0 Å². The van der Waals surface area contributed by atoms with Gasteiger partial charge in [-0.05, 0) is 30.0 Å². The molecule has 0 spiro atoms. The van der Waals surface area contributed by atoms with Crippen LogP contribution in [0.1, 0.15) is 30.0 Å². The molecular formula is C15H20N2. The van der Waals surface area contributed by atoms with E-state index in [1.165, 1.54) is 35.2 Å². The molecule has 17 heavy (non-hydrogen) atoms. The molecule has 1 aromatic carbocycles. The summed E-state index contributed by atoms with van der Waals surface area (Å²) in [6.45, 7) is 7.75. The van der Waals surface area contributed by atoms with Gasteiger partial charge in [0.05, 0.1) is 0 Å². The zero-order valence-electron chi connectivity index (χ0n) is 10.5. The van der Waals surface area contributed by atoms with Gasteiger partial charge < -0.3 is 5.32 Å². The molecule has 1 N–H and O–H groups in total. The zero-order chi connectivity index (χ0) is 11.7. The van der Waals surface area contributed by atoms with Crippen LogP contribution in [0.2, 0.25) is 0 Å². The highest BCUT2D eigenvalue weighted by Crippen LogP contribution is 2.19. The number of fused-ring (bicyclic) bond motifs is 1. The normalized spacial score (nSPS) is 20.2. The number of hydrogen-bond acceptors (Lipinski definition) is 2. The van der Waals surface area contributed by atoms with Crippen molar-refractivity contribution in [2.45, 2.75) is 33.0 Å². The highest BCUT2D eigenvalue weighted by atomic mass is 15.1. The van der Waals surface area contributed by atoms with Crippen LogP contribution in [-0.4, -0.2) is 18.0 Å². The maximum atomic E-state index is 3.40. The third-order valence-electron chi connectivity index (χ3n) is 3.72. The fraction of sp³-hybridized carbons (Fsp3) is 0.467. The first-order valence-electron chi connectivity index (χ1n) is 6.50. The average molecular weight is 228 g/mol. The van der Waals surface area contributed by atoms with Gasteiger partial charge >= 0.3 is 0 Å². The van der Waals surface area contributed by atoms with E-state index in [0.29, 0.717) is 0 Å². The predicted molar refractivity (Wildman–Crippen MR) is 70.6 cm³/mol. The van der Waals surface area contributed by atoms with Crippen molar-refractivity contribution >= 4 is 0 Å². The van der Waals surface area contributed by atoms with Crippen LogP contribution in [0, 0.1) is 0 Å². The molecule has 0 atom stereocenters. The van der Waals surface area contributed by atoms with Crippen LogP contribution in [0.25, 0.3) is 0 Å². The Hall–Kier alpha value is -1.12. The second-order valence-electron chi connectivity index (χ2n) is 5.26. The van der Waals surface area contributed by atoms with Gasteiger partial charge in [-0.2, -0.15) is 0 Å². The van der Waals surface area contributed by atoms with Crippen LogP contribution >= 0.6 is 0 Å². The second kappa shape index (κ2) is 4.63. The number of nitrogens with zero attached hydrogens (tertiary/aromatic N) is 1. The SMILES string of the molecule is CC1=CCCN(Cc2ccc3c(c2)CNC3)C1. The Labute approximate surface area is 103 Å². The zero-order valence-corrected chi connectivity index (χ0v) is 10.5. The minimum atomic E-state index is 1.04. The van der Waals surface area contributed by atoms with Crippen molar-refractivity contribution in [1.82, 2.24) is 10.2 Å². The van der Waals surface area contributed by atoms with Crippen molar-refractivity contribution in [3.63, 3.8) is 0 Å². The molecule has 0 aromatic heterocycles. The van der Waals surface area contributed by atoms with Crippen LogP contribution in [-0.2, 0) is 19.6 Å². The van der Waals surface area contributed by atoms with Gasteiger partial charge in [-0.3, -0.25) is 4.90 Å². The fourth-order valence-corrected chi connectivity index (χ4v) is 2.83. The summed E-state index contributed by atoms with van der Waals surface area (Å²) in [5.74, 6) is 0. The maximum absolute atomic E-state index is 3.40. The Morgan fingerprint density at radius 2 is 2.12 bits per heavy atom. The lowest BCUT2D eigenvalue weighted by atomic mass is 10.0. The van der Waals surface area contributed by atoms with E-state index in [1.807, 2.05) is 0 Å². The Morgan fingerprint density at radius 1 is 1.24 bits per heavy atom. The minimum absolute atomic E-state index is 1.04. The van der Waals surface area contributed by atoms with Gasteiger partial charge in [0.25, 0.3) is 0 Å². The van der Waals surface area contributed by atoms with Crippen LogP contribution in [0.15, 0.2) is 29.8 Å². The summed E-state index contributed by atoms with van der Waals surface area (Å²) in [5, 5.41) is 3.40. The Balaban J connectivity index is 1.71. The molecule has 2 nitrogen and oxygen atoms in total. The first kappa shape index (κ1) is 11.0. The van der Waals surface area contributed by atoms with Gasteiger partial charge in [0.2, 0.25) is 0 Å². The van der Waals surface area contributed by atoms with Crippen molar-refractivity contribution in [3.05, 3.63) is 46.5 Å². The van der Waals surface area contributed by atoms with E-state index in [1.54, 1.807) is 0 Å². The predicted octanol–water partition coefficient (Wildman–Crippen LogP) is 2.44. The van der Waals surface area contributed by atoms with E-state index in [9.17, 15) is 0 Å². The summed E-state index contributed by atoms with van der Waals surface area (Å²) in [5.41, 5.74) is 5.94. The quantitative estimate of drug-likeness (QED) is 0.782. The van der Waals surface area contributed by atoms with E-state index >= 15 is 0 Å². The van der Waals surface area contributed by atoms with Gasteiger partial charge in [0, 0.05) is 32.7 Å². The molecule has 2 heteroatoms. The molecule has 2 aliphatic heterocycles. The van der Waals surface area contributed by atoms with Crippen molar-refractivity contribution in [1.29, 1.82) is 0 Å². The third kappa shape index (κ3) is 2.43. The Bertz CT molecular complexity index is 448. The van der Waals surface area contributed by atoms with Crippen molar-refractivity contribution in [2.24, 2.45) is 0 Å². The van der Waals surface area contributed by atoms with Crippen molar-refractivity contribution < 1.29 is 0 Å². The standard InChI is InChI=1S/C15H20N2/c1-12-3-2-6-17(10-12)11-13-4-5-14-8-16-9-15(14)7-13/h3-5,7,16H,2,6,8-11H2,1H3. The van der Waals surface area contributed by atoms with E-state index in [-0.39, 0.29) is 0 Å². The van der Waals surface area contributed by atoms with Crippen LogP contribution in [0.5, 0.6) is 0 Å². The number of benzene rings is 1. The molecule has 3 rings (SSSR count). The summed E-state index contributed by atoms with van der Waals surface area (Å²) >= 11 is 0. The lowest BCUT2D eigenvalue weighted by Gasteiger charge is -2.26. The molecule has 1 aromatic rings. The first-order valence-corrected chi connectivity index (χ1v) is 6.50. The third-order valence-corrected chi connectivity index (χ3v) is 3.72. The van der Waals surface area contributed by atoms with Crippen LogP contribution in [0.3, 0.4) is 0 Å². The molecule has 0 saturated carbocycles. The van der Waals surface area contributed by atoms with E-state index in [4.69, 9.17) is 0 Å². The van der Waals surface area contributed by atoms with Crippen LogP contribution < -0.4 is 5.32 Å². The largest absolute Gasteiger partial charge is 0.309 e. The molecule has 0 amide bonds. The molecule has 0 fully saturated rings. The van der Waals surface area contributed by atoms with Gasteiger partial charge in [-0.15, -0.1) is 0 Å². The lowest BCUT2D eigenvalue weighted by Crippen LogP contribution is -2.28. The van der Waals surface area contributed by atoms with Crippen molar-refractivity contribution in [2.75, 3.05) is 13.1 Å². The summed E-state index contributed by atoms with van der Waals surface area (Å²) in [6, 6.07) is 6.96. The van der Waals surface area contributed by atoms with E-state index in [2.05, 4.69) is 41.4 Å². The monoisotopic (exact) mass is 228 g/mol. The Morgan fingerprint density at radius 3 is 3.00 bits per heavy atom. The second-order valence-corrected chi connectivity index (χ2v) is 5.26. The van der Waals surface area contributed by atoms with Gasteiger partial charge in [0.1, 0.15) is 0 Å². The molecule has 0 saturated heterocycles. The molecule has 0 aliphatic carbocycles. The molecule has 0 radical (unpaired) electrons. The summed E-state index contributed by atoms with van der Waals surface area (Å²) in [7, 11) is 0. The number of rotatable bonds is 2. The number of hydrogen-bond donors (Lipinski definition) is 1. The average Bonchev–Trinajstić information content (AvgIpc) is 2.76. The van der Waals surface area contributed by atoms with Crippen LogP contribution in [0.4, 0.5) is 0 Å². The molecular weight excluding hydrogens is 208 g/mol. The molecule has 2 aliphatic rings. The maximum Gasteiger partial charge on any atom is 0.0237 e. The summed E-state index contributed by atoms with van der Waals surface area (Å²) < 4.78 is 0. The summed E-state index contributed by atoms with van der Waals surface area (Å²) in [6.07, 6.45) is 3.57. The highest BCUT2D eigenvalue weighted by molar-refractivity contribution is 5.34. The van der Waals surface area contributed by atoms with Gasteiger partial charge in [-0.25, -0.2) is 0 Å². The molecule has 90 valence electrons. The van der Waals surface area contributed by atoms with Gasteiger partial charge in [0.15, 0.2) is 0 Å². The molecule has 0 unspecified atom stereocenters. The topological polar surface area (TPSA) is 15.3 Å². The highest BCUT2D eigenvalue weighted by Gasteiger charge is 2.13. The van der Waals surface area contributed by atoms with E-state index < -0.39 is 0 Å². The molecule has 2 heterocycles. The fourth-order valence-electron chi connectivity index (χ4n) is 2.83. The number of nitrogens with one attached hydrogen (secondary N) is 1. The Kier molecular flexibility index (Phi) is 3.00. The molecule has 0 bridgehead atoms. The smallest absolute Gasteiger partial charge is 0.0237 e. The lowest BCUT2D eigenvalue weighted by molar-refractivity contribution is 0.282. The van der Waals surface area contributed by atoms with E-state index in [0.717, 1.165) is 26.2 Å². The summed E-state index contributed by atoms with van der Waals surface area (Å²) in [4.78, 5) is 2.54. The first-order chi connectivity index (χ1) is 8.31. The minimum Gasteiger partial charge on any atom is -0.309 e.